The second-order valence-corrected chi connectivity index (χ2v) is 11.1. The lowest BCUT2D eigenvalue weighted by molar-refractivity contribution is -0.141. The Morgan fingerprint density at radius 1 is 1.03 bits per heavy atom. The number of amides is 2. The van der Waals surface area contributed by atoms with Crippen LogP contribution < -0.4 is 5.32 Å². The van der Waals surface area contributed by atoms with E-state index in [0.717, 1.165) is 5.56 Å². The molecule has 2 saturated heterocycles. The van der Waals surface area contributed by atoms with Crippen LogP contribution in [0.5, 0.6) is 0 Å². The van der Waals surface area contributed by atoms with Crippen molar-refractivity contribution in [3.05, 3.63) is 58.9 Å². The zero-order valence-corrected chi connectivity index (χ0v) is 20.4. The van der Waals surface area contributed by atoms with Gasteiger partial charge in [-0.25, -0.2) is 12.8 Å². The average Bonchev–Trinajstić information content (AvgIpc) is 3.31. The van der Waals surface area contributed by atoms with Crippen molar-refractivity contribution in [2.24, 2.45) is 5.92 Å². The lowest BCUT2D eigenvalue weighted by Crippen LogP contribution is -2.48. The number of carbonyl (C=O) groups excluding carboxylic acids is 2. The first kappa shape index (κ1) is 24.6. The minimum atomic E-state index is -3.61. The van der Waals surface area contributed by atoms with Crippen LogP contribution in [-0.4, -0.2) is 55.1 Å². The first-order valence-electron chi connectivity index (χ1n) is 11.3. The molecular formula is C24H27ClFN3O4S. The molecule has 1 unspecified atom stereocenters. The number of piperidine rings is 1. The summed E-state index contributed by atoms with van der Waals surface area (Å²) in [7, 11) is -3.61. The quantitative estimate of drug-likeness (QED) is 0.666. The maximum Gasteiger partial charge on any atom is 0.247 e. The zero-order chi connectivity index (χ0) is 24.5. The van der Waals surface area contributed by atoms with Gasteiger partial charge in [0.25, 0.3) is 0 Å². The third-order valence-corrected chi connectivity index (χ3v) is 8.69. The number of anilines is 1. The van der Waals surface area contributed by atoms with Gasteiger partial charge < -0.3 is 10.2 Å². The van der Waals surface area contributed by atoms with Crippen LogP contribution in [0, 0.1) is 18.7 Å². The van der Waals surface area contributed by atoms with E-state index in [9.17, 15) is 22.4 Å². The van der Waals surface area contributed by atoms with E-state index in [4.69, 9.17) is 11.6 Å². The molecule has 2 amide bonds. The average molecular weight is 508 g/mol. The predicted octanol–water partition coefficient (Wildman–Crippen LogP) is 3.82. The number of sulfonamides is 1. The SMILES string of the molecule is Cc1ccc(S(=O)(=O)N2CCC(C(=O)N3CCCC3C(=O)Nc3ccc(F)c(Cl)c3)CC2)cc1. The molecular weight excluding hydrogens is 481 g/mol. The molecule has 2 aliphatic rings. The maximum atomic E-state index is 13.4. The predicted molar refractivity (Wildman–Crippen MR) is 127 cm³/mol. The van der Waals surface area contributed by atoms with Gasteiger partial charge in [0.2, 0.25) is 21.8 Å². The number of likely N-dealkylation sites (tertiary alicyclic amines) is 1. The van der Waals surface area contributed by atoms with Crippen LogP contribution in [0.15, 0.2) is 47.4 Å². The van der Waals surface area contributed by atoms with E-state index < -0.39 is 21.9 Å². The Morgan fingerprint density at radius 2 is 1.71 bits per heavy atom. The number of aryl methyl sites for hydroxylation is 1. The summed E-state index contributed by atoms with van der Waals surface area (Å²) in [6.45, 7) is 2.88. The summed E-state index contributed by atoms with van der Waals surface area (Å²) in [4.78, 5) is 27.9. The van der Waals surface area contributed by atoms with Gasteiger partial charge in [-0.05, 0) is 62.9 Å². The molecule has 2 heterocycles. The summed E-state index contributed by atoms with van der Waals surface area (Å²) in [5.41, 5.74) is 1.35. The van der Waals surface area contributed by atoms with E-state index in [1.807, 2.05) is 6.92 Å². The molecule has 2 aromatic carbocycles. The summed E-state index contributed by atoms with van der Waals surface area (Å²) in [6, 6.07) is 10.0. The number of nitrogens with zero attached hydrogens (tertiary/aromatic N) is 2. The van der Waals surface area contributed by atoms with E-state index in [-0.39, 0.29) is 40.7 Å². The van der Waals surface area contributed by atoms with Crippen LogP contribution in [0.2, 0.25) is 5.02 Å². The maximum absolute atomic E-state index is 13.4. The smallest absolute Gasteiger partial charge is 0.247 e. The van der Waals surface area contributed by atoms with Crippen LogP contribution in [-0.2, 0) is 19.6 Å². The van der Waals surface area contributed by atoms with E-state index in [1.54, 1.807) is 29.2 Å². The van der Waals surface area contributed by atoms with Crippen molar-refractivity contribution in [3.8, 4) is 0 Å². The molecule has 1 atom stereocenters. The summed E-state index contributed by atoms with van der Waals surface area (Å²) < 4.78 is 40.7. The number of halogens is 2. The van der Waals surface area contributed by atoms with Crippen molar-refractivity contribution in [3.63, 3.8) is 0 Å². The highest BCUT2D eigenvalue weighted by atomic mass is 35.5. The van der Waals surface area contributed by atoms with Gasteiger partial charge in [0.1, 0.15) is 11.9 Å². The molecule has 0 aliphatic carbocycles. The normalized spacial score (nSPS) is 19.9. The number of rotatable bonds is 5. The molecule has 182 valence electrons. The zero-order valence-electron chi connectivity index (χ0n) is 18.8. The molecule has 1 N–H and O–H groups in total. The summed E-state index contributed by atoms with van der Waals surface area (Å²) in [6.07, 6.45) is 2.05. The summed E-state index contributed by atoms with van der Waals surface area (Å²) >= 11 is 5.79. The first-order chi connectivity index (χ1) is 16.2. The molecule has 4 rings (SSSR count). The number of nitrogens with one attached hydrogen (secondary N) is 1. The number of hydrogen-bond donors (Lipinski definition) is 1. The molecule has 0 radical (unpaired) electrons. The van der Waals surface area contributed by atoms with Crippen molar-refractivity contribution in [2.75, 3.05) is 25.0 Å². The second-order valence-electron chi connectivity index (χ2n) is 8.80. The molecule has 0 saturated carbocycles. The van der Waals surface area contributed by atoms with E-state index in [0.29, 0.717) is 37.9 Å². The fourth-order valence-corrected chi connectivity index (χ4v) is 6.19. The Bertz CT molecular complexity index is 1180. The summed E-state index contributed by atoms with van der Waals surface area (Å²) in [5, 5.41) is 2.62. The van der Waals surface area contributed by atoms with Crippen molar-refractivity contribution >= 4 is 39.1 Å². The van der Waals surface area contributed by atoms with Crippen LogP contribution >= 0.6 is 11.6 Å². The fraction of sp³-hybridized carbons (Fsp3) is 0.417. The number of hydrogen-bond acceptors (Lipinski definition) is 4. The second kappa shape index (κ2) is 10.0. The molecule has 2 aromatic rings. The molecule has 0 aromatic heterocycles. The van der Waals surface area contributed by atoms with E-state index in [2.05, 4.69) is 5.32 Å². The molecule has 2 fully saturated rings. The molecule has 0 spiro atoms. The van der Waals surface area contributed by atoms with Gasteiger partial charge in [-0.3, -0.25) is 9.59 Å². The van der Waals surface area contributed by atoms with Gasteiger partial charge in [0.05, 0.1) is 9.92 Å². The van der Waals surface area contributed by atoms with Gasteiger partial charge >= 0.3 is 0 Å². The third kappa shape index (κ3) is 5.11. The monoisotopic (exact) mass is 507 g/mol. The van der Waals surface area contributed by atoms with Gasteiger partial charge in [-0.2, -0.15) is 4.31 Å². The Hall–Kier alpha value is -2.49. The highest BCUT2D eigenvalue weighted by molar-refractivity contribution is 7.89. The van der Waals surface area contributed by atoms with Crippen molar-refractivity contribution in [1.29, 1.82) is 0 Å². The first-order valence-corrected chi connectivity index (χ1v) is 13.1. The summed E-state index contributed by atoms with van der Waals surface area (Å²) in [5.74, 6) is -1.37. The fourth-order valence-electron chi connectivity index (χ4n) is 4.54. The Labute approximate surface area is 203 Å². The van der Waals surface area contributed by atoms with Crippen molar-refractivity contribution in [1.82, 2.24) is 9.21 Å². The van der Waals surface area contributed by atoms with Gasteiger partial charge in [0.15, 0.2) is 0 Å². The largest absolute Gasteiger partial charge is 0.330 e. The highest BCUT2D eigenvalue weighted by Crippen LogP contribution is 2.29. The van der Waals surface area contributed by atoms with Crippen LogP contribution in [0.3, 0.4) is 0 Å². The van der Waals surface area contributed by atoms with Gasteiger partial charge in [0, 0.05) is 31.2 Å². The molecule has 10 heteroatoms. The highest BCUT2D eigenvalue weighted by Gasteiger charge is 2.39. The Balaban J connectivity index is 1.37. The molecule has 2 aliphatic heterocycles. The Kier molecular flexibility index (Phi) is 7.25. The van der Waals surface area contributed by atoms with Crippen LogP contribution in [0.25, 0.3) is 0 Å². The lowest BCUT2D eigenvalue weighted by Gasteiger charge is -2.34. The standard InChI is InChI=1S/C24H27ClFN3O4S/c1-16-4-7-19(8-5-16)34(32,33)28-13-10-17(11-14-28)24(31)29-12-2-3-22(29)23(30)27-18-6-9-21(26)20(25)15-18/h4-9,15,17,22H,2-3,10-14H2,1H3,(H,27,30). The molecule has 0 bridgehead atoms. The molecule has 34 heavy (non-hydrogen) atoms. The van der Waals surface area contributed by atoms with Crippen LogP contribution in [0.1, 0.15) is 31.2 Å². The topological polar surface area (TPSA) is 86.8 Å². The number of carbonyl (C=O) groups is 2. The van der Waals surface area contributed by atoms with Gasteiger partial charge in [-0.1, -0.05) is 29.3 Å². The van der Waals surface area contributed by atoms with Gasteiger partial charge in [-0.15, -0.1) is 0 Å². The van der Waals surface area contributed by atoms with E-state index >= 15 is 0 Å². The van der Waals surface area contributed by atoms with Crippen LogP contribution in [0.4, 0.5) is 10.1 Å². The number of benzene rings is 2. The lowest BCUT2D eigenvalue weighted by atomic mass is 9.96. The minimum absolute atomic E-state index is 0.0931. The Morgan fingerprint density at radius 3 is 2.35 bits per heavy atom. The van der Waals surface area contributed by atoms with E-state index in [1.165, 1.54) is 22.5 Å². The minimum Gasteiger partial charge on any atom is -0.330 e. The van der Waals surface area contributed by atoms with Crippen molar-refractivity contribution in [2.45, 2.75) is 43.5 Å². The third-order valence-electron chi connectivity index (χ3n) is 6.49. The van der Waals surface area contributed by atoms with Crippen molar-refractivity contribution < 1.29 is 22.4 Å². The molecule has 7 nitrogen and oxygen atoms in total.